The third kappa shape index (κ3) is 5.53. The first kappa shape index (κ1) is 18.8. The summed E-state index contributed by atoms with van der Waals surface area (Å²) in [5.74, 6) is -0.351. The van der Waals surface area contributed by atoms with E-state index in [1.165, 1.54) is 12.1 Å². The van der Waals surface area contributed by atoms with Crippen molar-refractivity contribution in [3.63, 3.8) is 0 Å². The Kier molecular flexibility index (Phi) is 7.02. The van der Waals surface area contributed by atoms with Crippen LogP contribution < -0.4 is 5.32 Å². The van der Waals surface area contributed by atoms with Gasteiger partial charge in [-0.2, -0.15) is 5.26 Å². The number of carbonyl (C=O) groups is 1. The molecule has 4 nitrogen and oxygen atoms in total. The highest BCUT2D eigenvalue weighted by molar-refractivity contribution is 5.92. The molecule has 3 aromatic rings. The highest BCUT2D eigenvalue weighted by Crippen LogP contribution is 2.18. The molecule has 0 radical (unpaired) electrons. The summed E-state index contributed by atoms with van der Waals surface area (Å²) in [6.45, 7) is 2.45. The maximum absolute atomic E-state index is 11.9. The number of amides is 1. The van der Waals surface area contributed by atoms with Gasteiger partial charge in [0.2, 0.25) is 0 Å². The number of carbonyl (C=O) groups excluding carboxylic acids is 1. The molecular weight excluding hydrogens is 329 g/mol. The largest absolute Gasteiger partial charge is 0.351 e. The van der Waals surface area contributed by atoms with Gasteiger partial charge in [0.05, 0.1) is 11.6 Å². The molecule has 0 unspecified atom stereocenters. The number of nitriles is 1. The molecule has 0 atom stereocenters. The highest BCUT2D eigenvalue weighted by atomic mass is 19.1. The van der Waals surface area contributed by atoms with Gasteiger partial charge in [-0.15, -0.1) is 0 Å². The first-order chi connectivity index (χ1) is 12.6. The van der Waals surface area contributed by atoms with Crippen molar-refractivity contribution in [1.82, 2.24) is 10.3 Å². The van der Waals surface area contributed by atoms with E-state index < -0.39 is 0 Å². The molecule has 0 aliphatic rings. The number of rotatable bonds is 3. The van der Waals surface area contributed by atoms with Gasteiger partial charge in [-0.05, 0) is 42.8 Å². The van der Waals surface area contributed by atoms with Gasteiger partial charge in [0.25, 0.3) is 5.91 Å². The van der Waals surface area contributed by atoms with Gasteiger partial charge in [-0.1, -0.05) is 36.4 Å². The van der Waals surface area contributed by atoms with Gasteiger partial charge < -0.3 is 5.32 Å². The third-order valence-electron chi connectivity index (χ3n) is 3.41. The normalized spacial score (nSPS) is 9.42. The smallest absolute Gasteiger partial charge is 0.269 e. The number of pyridine rings is 1. The Morgan fingerprint density at radius 3 is 2.15 bits per heavy atom. The van der Waals surface area contributed by atoms with Crippen molar-refractivity contribution in [2.45, 2.75) is 6.92 Å². The van der Waals surface area contributed by atoms with E-state index in [9.17, 15) is 9.18 Å². The Labute approximate surface area is 152 Å². The zero-order chi connectivity index (χ0) is 18.8. The van der Waals surface area contributed by atoms with Crippen LogP contribution in [0, 0.1) is 17.1 Å². The van der Waals surface area contributed by atoms with Gasteiger partial charge in [-0.25, -0.2) is 4.39 Å². The summed E-state index contributed by atoms with van der Waals surface area (Å²) in [6.07, 6.45) is 1.66. The average Bonchev–Trinajstić information content (AvgIpc) is 2.69. The maximum atomic E-state index is 11.9. The van der Waals surface area contributed by atoms with Crippen LogP contribution in [0.25, 0.3) is 11.1 Å². The van der Waals surface area contributed by atoms with Crippen LogP contribution in [-0.4, -0.2) is 17.4 Å². The SMILES string of the molecule is CCNC(=O)c1ccc(-c2ccc(C#N)cc2)cn1.Fc1ccccc1. The number of benzene rings is 2. The average molecular weight is 347 g/mol. The lowest BCUT2D eigenvalue weighted by Crippen LogP contribution is -2.23. The molecule has 1 N–H and O–H groups in total. The van der Waals surface area contributed by atoms with Gasteiger partial charge in [-0.3, -0.25) is 9.78 Å². The number of nitrogens with zero attached hydrogens (tertiary/aromatic N) is 2. The molecule has 3 rings (SSSR count). The van der Waals surface area contributed by atoms with Crippen LogP contribution in [0.4, 0.5) is 4.39 Å². The molecule has 1 heterocycles. The summed E-state index contributed by atoms with van der Waals surface area (Å²) in [7, 11) is 0. The second kappa shape index (κ2) is 9.70. The molecule has 0 saturated carbocycles. The lowest BCUT2D eigenvalue weighted by molar-refractivity contribution is 0.0951. The van der Waals surface area contributed by atoms with Gasteiger partial charge in [0, 0.05) is 18.3 Å². The standard InChI is InChI=1S/C15H13N3O.C6H5F/c1-2-17-15(19)14-8-7-13(10-18-14)12-5-3-11(9-16)4-6-12;7-6-4-2-1-3-5-6/h3-8,10H,2H2,1H3,(H,17,19);1-5H. The second-order valence-electron chi connectivity index (χ2n) is 5.28. The van der Waals surface area contributed by atoms with E-state index in [1.54, 1.807) is 42.6 Å². The molecule has 0 saturated heterocycles. The summed E-state index contributed by atoms with van der Waals surface area (Å²) in [5.41, 5.74) is 2.90. The highest BCUT2D eigenvalue weighted by Gasteiger charge is 2.06. The van der Waals surface area contributed by atoms with E-state index in [4.69, 9.17) is 5.26 Å². The van der Waals surface area contributed by atoms with Crippen LogP contribution in [0.3, 0.4) is 0 Å². The monoisotopic (exact) mass is 347 g/mol. The number of hydrogen-bond acceptors (Lipinski definition) is 3. The van der Waals surface area contributed by atoms with E-state index >= 15 is 0 Å². The quantitative estimate of drug-likeness (QED) is 0.772. The minimum absolute atomic E-state index is 0.172. The predicted octanol–water partition coefficient (Wildman–Crippen LogP) is 4.20. The van der Waals surface area contributed by atoms with Crippen molar-refractivity contribution in [1.29, 1.82) is 5.26 Å². The molecule has 5 heteroatoms. The molecule has 26 heavy (non-hydrogen) atoms. The summed E-state index contributed by atoms with van der Waals surface area (Å²) < 4.78 is 11.9. The molecule has 2 aromatic carbocycles. The molecule has 0 aliphatic heterocycles. The molecule has 0 fully saturated rings. The molecule has 0 spiro atoms. The number of halogens is 1. The Morgan fingerprint density at radius 1 is 1.04 bits per heavy atom. The fourth-order valence-corrected chi connectivity index (χ4v) is 2.10. The Bertz CT molecular complexity index is 870. The fourth-order valence-electron chi connectivity index (χ4n) is 2.10. The Hall–Kier alpha value is -3.52. The van der Waals surface area contributed by atoms with E-state index in [1.807, 2.05) is 25.1 Å². The lowest BCUT2D eigenvalue weighted by atomic mass is 10.1. The zero-order valence-corrected chi connectivity index (χ0v) is 14.3. The van der Waals surface area contributed by atoms with Crippen LogP contribution in [0.1, 0.15) is 23.0 Å². The van der Waals surface area contributed by atoms with Crippen LogP contribution in [0.15, 0.2) is 72.9 Å². The molecule has 130 valence electrons. The lowest BCUT2D eigenvalue weighted by Gasteiger charge is -2.04. The van der Waals surface area contributed by atoms with Crippen LogP contribution in [-0.2, 0) is 0 Å². The molecule has 1 amide bonds. The van der Waals surface area contributed by atoms with Gasteiger partial charge >= 0.3 is 0 Å². The molecular formula is C21H18FN3O. The maximum Gasteiger partial charge on any atom is 0.269 e. The minimum atomic E-state index is -0.178. The van der Waals surface area contributed by atoms with Crippen LogP contribution in [0.5, 0.6) is 0 Å². The zero-order valence-electron chi connectivity index (χ0n) is 14.3. The number of hydrogen-bond donors (Lipinski definition) is 1. The van der Waals surface area contributed by atoms with E-state index in [0.717, 1.165) is 11.1 Å². The van der Waals surface area contributed by atoms with Gasteiger partial charge in [0.15, 0.2) is 0 Å². The number of nitrogens with one attached hydrogen (secondary N) is 1. The van der Waals surface area contributed by atoms with E-state index in [0.29, 0.717) is 17.8 Å². The Balaban J connectivity index is 0.000000290. The van der Waals surface area contributed by atoms with Crippen LogP contribution in [0.2, 0.25) is 0 Å². The van der Waals surface area contributed by atoms with Crippen molar-refractivity contribution < 1.29 is 9.18 Å². The van der Waals surface area contributed by atoms with Crippen molar-refractivity contribution in [2.75, 3.05) is 6.54 Å². The number of aromatic nitrogens is 1. The van der Waals surface area contributed by atoms with E-state index in [-0.39, 0.29) is 11.7 Å². The predicted molar refractivity (Wildman–Crippen MR) is 98.8 cm³/mol. The third-order valence-corrected chi connectivity index (χ3v) is 3.41. The summed E-state index contributed by atoms with van der Waals surface area (Å²) in [4.78, 5) is 15.7. The minimum Gasteiger partial charge on any atom is -0.351 e. The van der Waals surface area contributed by atoms with Crippen molar-refractivity contribution >= 4 is 5.91 Å². The topological polar surface area (TPSA) is 65.8 Å². The molecule has 1 aromatic heterocycles. The summed E-state index contributed by atoms with van der Waals surface area (Å²) >= 11 is 0. The summed E-state index contributed by atoms with van der Waals surface area (Å²) in [5, 5.41) is 11.4. The molecule has 0 bridgehead atoms. The molecule has 0 aliphatic carbocycles. The van der Waals surface area contributed by atoms with Gasteiger partial charge in [0.1, 0.15) is 11.5 Å². The van der Waals surface area contributed by atoms with Crippen molar-refractivity contribution in [2.24, 2.45) is 0 Å². The van der Waals surface area contributed by atoms with E-state index in [2.05, 4.69) is 16.4 Å². The van der Waals surface area contributed by atoms with Crippen LogP contribution >= 0.6 is 0 Å². The van der Waals surface area contributed by atoms with Crippen molar-refractivity contribution in [3.05, 3.63) is 90.0 Å². The second-order valence-corrected chi connectivity index (χ2v) is 5.28. The fraction of sp³-hybridized carbons (Fsp3) is 0.0952. The first-order valence-electron chi connectivity index (χ1n) is 8.09. The Morgan fingerprint density at radius 2 is 1.69 bits per heavy atom. The first-order valence-corrected chi connectivity index (χ1v) is 8.09. The van der Waals surface area contributed by atoms with Crippen molar-refractivity contribution in [3.8, 4) is 17.2 Å². The summed E-state index contributed by atoms with van der Waals surface area (Å²) in [6, 6.07) is 20.8.